The molecule has 1 aromatic heterocycles. The van der Waals surface area contributed by atoms with Crippen molar-refractivity contribution >= 4 is 28.3 Å². The van der Waals surface area contributed by atoms with Crippen LogP contribution in [0, 0.1) is 5.92 Å². The SMILES string of the molecule is CC(C)Cn1nc(C(=O)OCC(=O)Nc2ccccc2Oc2ccccc2)c2ccccc2c1=O. The summed E-state index contributed by atoms with van der Waals surface area (Å²) in [7, 11) is 0. The van der Waals surface area contributed by atoms with E-state index in [0.29, 0.717) is 34.5 Å². The minimum absolute atomic E-state index is 0.0125. The van der Waals surface area contributed by atoms with Crippen LogP contribution in [0.4, 0.5) is 5.69 Å². The number of nitrogens with one attached hydrogen (secondary N) is 1. The topological polar surface area (TPSA) is 99.5 Å². The number of anilines is 1. The fourth-order valence-electron chi connectivity index (χ4n) is 3.52. The first-order valence-corrected chi connectivity index (χ1v) is 11.2. The van der Waals surface area contributed by atoms with E-state index in [0.717, 1.165) is 0 Å². The Labute approximate surface area is 202 Å². The van der Waals surface area contributed by atoms with Gasteiger partial charge in [0, 0.05) is 11.9 Å². The molecule has 4 aromatic rings. The van der Waals surface area contributed by atoms with Crippen LogP contribution >= 0.6 is 0 Å². The van der Waals surface area contributed by atoms with E-state index in [-0.39, 0.29) is 17.2 Å². The molecule has 0 saturated heterocycles. The quantitative estimate of drug-likeness (QED) is 0.376. The smallest absolute Gasteiger partial charge is 0.359 e. The highest BCUT2D eigenvalue weighted by Gasteiger charge is 2.20. The number of hydrogen-bond acceptors (Lipinski definition) is 6. The van der Waals surface area contributed by atoms with Crippen molar-refractivity contribution in [1.82, 2.24) is 9.78 Å². The van der Waals surface area contributed by atoms with E-state index < -0.39 is 18.5 Å². The Morgan fingerprint density at radius 3 is 2.31 bits per heavy atom. The number of ether oxygens (including phenoxy) is 2. The summed E-state index contributed by atoms with van der Waals surface area (Å²) in [5.41, 5.74) is 0.145. The molecule has 8 nitrogen and oxygen atoms in total. The molecule has 0 aliphatic heterocycles. The molecule has 8 heteroatoms. The number of amides is 1. The largest absolute Gasteiger partial charge is 0.455 e. The Morgan fingerprint density at radius 2 is 1.57 bits per heavy atom. The third kappa shape index (κ3) is 5.73. The first-order chi connectivity index (χ1) is 16.9. The van der Waals surface area contributed by atoms with Crippen molar-refractivity contribution in [2.75, 3.05) is 11.9 Å². The number of carbonyl (C=O) groups is 2. The van der Waals surface area contributed by atoms with Gasteiger partial charge in [0.05, 0.1) is 11.1 Å². The van der Waals surface area contributed by atoms with Gasteiger partial charge in [0.2, 0.25) is 0 Å². The molecular formula is C27H25N3O5. The molecule has 0 aliphatic rings. The molecule has 4 rings (SSSR count). The zero-order valence-corrected chi connectivity index (χ0v) is 19.4. The molecule has 0 radical (unpaired) electrons. The Bertz CT molecular complexity index is 1410. The molecule has 35 heavy (non-hydrogen) atoms. The average molecular weight is 472 g/mol. The third-order valence-electron chi connectivity index (χ3n) is 5.07. The molecule has 1 heterocycles. The summed E-state index contributed by atoms with van der Waals surface area (Å²) >= 11 is 0. The standard InChI is InChI=1S/C27H25N3O5/c1-18(2)16-30-26(32)21-13-7-6-12-20(21)25(29-30)27(33)34-17-24(31)28-22-14-8-9-15-23(22)35-19-10-4-3-5-11-19/h3-15,18H,16-17H2,1-2H3,(H,28,31). The first-order valence-electron chi connectivity index (χ1n) is 11.2. The summed E-state index contributed by atoms with van der Waals surface area (Å²) in [6.45, 7) is 3.72. The van der Waals surface area contributed by atoms with Gasteiger partial charge in [-0.25, -0.2) is 9.48 Å². The highest BCUT2D eigenvalue weighted by Crippen LogP contribution is 2.29. The zero-order valence-electron chi connectivity index (χ0n) is 19.4. The highest BCUT2D eigenvalue weighted by atomic mass is 16.5. The lowest BCUT2D eigenvalue weighted by molar-refractivity contribution is -0.119. The van der Waals surface area contributed by atoms with Crippen molar-refractivity contribution in [1.29, 1.82) is 0 Å². The van der Waals surface area contributed by atoms with Gasteiger partial charge in [0.1, 0.15) is 5.75 Å². The molecule has 0 atom stereocenters. The van der Waals surface area contributed by atoms with Gasteiger partial charge in [-0.3, -0.25) is 9.59 Å². The van der Waals surface area contributed by atoms with Gasteiger partial charge in [-0.05, 0) is 36.2 Å². The van der Waals surface area contributed by atoms with Gasteiger partial charge >= 0.3 is 5.97 Å². The van der Waals surface area contributed by atoms with E-state index in [2.05, 4.69) is 10.4 Å². The fourth-order valence-corrected chi connectivity index (χ4v) is 3.52. The van der Waals surface area contributed by atoms with Crippen LogP contribution in [-0.2, 0) is 16.1 Å². The molecule has 3 aromatic carbocycles. The zero-order chi connectivity index (χ0) is 24.8. The van der Waals surface area contributed by atoms with Gasteiger partial charge in [0.25, 0.3) is 11.5 Å². The third-order valence-corrected chi connectivity index (χ3v) is 5.07. The highest BCUT2D eigenvalue weighted by molar-refractivity contribution is 6.03. The maximum atomic E-state index is 12.9. The summed E-state index contributed by atoms with van der Waals surface area (Å²) in [6, 6.07) is 22.8. The summed E-state index contributed by atoms with van der Waals surface area (Å²) in [5.74, 6) is -0.110. The second-order valence-corrected chi connectivity index (χ2v) is 8.31. The molecule has 0 unspecified atom stereocenters. The predicted molar refractivity (Wildman–Crippen MR) is 133 cm³/mol. The van der Waals surface area contributed by atoms with Gasteiger partial charge in [-0.15, -0.1) is 0 Å². The van der Waals surface area contributed by atoms with Crippen LogP contribution < -0.4 is 15.6 Å². The Hall–Kier alpha value is -4.46. The molecule has 178 valence electrons. The van der Waals surface area contributed by atoms with E-state index in [9.17, 15) is 14.4 Å². The van der Waals surface area contributed by atoms with Crippen LogP contribution in [0.2, 0.25) is 0 Å². The number of para-hydroxylation sites is 3. The van der Waals surface area contributed by atoms with Gasteiger partial charge in [0.15, 0.2) is 18.1 Å². The monoisotopic (exact) mass is 471 g/mol. The van der Waals surface area contributed by atoms with Gasteiger partial charge in [-0.1, -0.05) is 62.4 Å². The lowest BCUT2D eigenvalue weighted by Crippen LogP contribution is -2.29. The maximum absolute atomic E-state index is 12.9. The summed E-state index contributed by atoms with van der Waals surface area (Å²) in [4.78, 5) is 38.2. The molecule has 0 aliphatic carbocycles. The molecule has 0 saturated carbocycles. The number of hydrogen-bond donors (Lipinski definition) is 1. The summed E-state index contributed by atoms with van der Waals surface area (Å²) < 4.78 is 12.4. The molecule has 1 amide bonds. The number of carbonyl (C=O) groups excluding carboxylic acids is 2. The predicted octanol–water partition coefficient (Wildman–Crippen LogP) is 4.64. The normalized spacial score (nSPS) is 10.8. The molecule has 0 bridgehead atoms. The van der Waals surface area contributed by atoms with E-state index in [1.807, 2.05) is 32.0 Å². The van der Waals surface area contributed by atoms with Gasteiger partial charge < -0.3 is 14.8 Å². The van der Waals surface area contributed by atoms with Crippen molar-refractivity contribution in [2.24, 2.45) is 5.92 Å². The second kappa shape index (κ2) is 10.6. The second-order valence-electron chi connectivity index (χ2n) is 8.31. The first kappa shape index (κ1) is 23.7. The van der Waals surface area contributed by atoms with Crippen molar-refractivity contribution in [3.8, 4) is 11.5 Å². The molecule has 0 spiro atoms. The van der Waals surface area contributed by atoms with Crippen LogP contribution in [0.25, 0.3) is 10.8 Å². The Morgan fingerprint density at radius 1 is 0.914 bits per heavy atom. The number of rotatable bonds is 8. The van der Waals surface area contributed by atoms with Crippen LogP contribution in [0.1, 0.15) is 24.3 Å². The lowest BCUT2D eigenvalue weighted by atomic mass is 10.1. The molecule has 1 N–H and O–H groups in total. The number of nitrogens with zero attached hydrogens (tertiary/aromatic N) is 2. The summed E-state index contributed by atoms with van der Waals surface area (Å²) in [5, 5.41) is 7.69. The number of aromatic nitrogens is 2. The minimum atomic E-state index is -0.789. The van der Waals surface area contributed by atoms with Gasteiger partial charge in [-0.2, -0.15) is 5.10 Å². The Balaban J connectivity index is 1.48. The number of esters is 1. The van der Waals surface area contributed by atoms with Crippen LogP contribution in [-0.4, -0.2) is 28.3 Å². The van der Waals surface area contributed by atoms with Crippen LogP contribution in [0.15, 0.2) is 83.7 Å². The van der Waals surface area contributed by atoms with Crippen molar-refractivity contribution in [3.63, 3.8) is 0 Å². The van der Waals surface area contributed by atoms with Crippen LogP contribution in [0.5, 0.6) is 11.5 Å². The van der Waals surface area contributed by atoms with E-state index in [1.165, 1.54) is 4.68 Å². The van der Waals surface area contributed by atoms with Crippen molar-refractivity contribution in [2.45, 2.75) is 20.4 Å². The summed E-state index contributed by atoms with van der Waals surface area (Å²) in [6.07, 6.45) is 0. The van der Waals surface area contributed by atoms with E-state index in [4.69, 9.17) is 9.47 Å². The van der Waals surface area contributed by atoms with Crippen molar-refractivity contribution in [3.05, 3.63) is 94.9 Å². The number of fused-ring (bicyclic) bond motifs is 1. The van der Waals surface area contributed by atoms with Crippen LogP contribution in [0.3, 0.4) is 0 Å². The lowest BCUT2D eigenvalue weighted by Gasteiger charge is -2.13. The number of benzene rings is 3. The maximum Gasteiger partial charge on any atom is 0.359 e. The van der Waals surface area contributed by atoms with Crippen molar-refractivity contribution < 1.29 is 19.1 Å². The minimum Gasteiger partial charge on any atom is -0.455 e. The molecular weight excluding hydrogens is 446 g/mol. The van der Waals surface area contributed by atoms with E-state index >= 15 is 0 Å². The Kier molecular flexibility index (Phi) is 7.21. The molecule has 0 fully saturated rings. The average Bonchev–Trinajstić information content (AvgIpc) is 2.86. The van der Waals surface area contributed by atoms with E-state index in [1.54, 1.807) is 60.7 Å². The fraction of sp³-hybridized carbons (Fsp3) is 0.185.